The van der Waals surface area contributed by atoms with Gasteiger partial charge in [-0.2, -0.15) is 0 Å². The number of hydrogen-bond donors (Lipinski definition) is 0. The molecule has 4 aliphatic carbocycles. The molecule has 6 aliphatic rings. The van der Waals surface area contributed by atoms with Crippen molar-refractivity contribution in [1.82, 2.24) is 0 Å². The SMILES string of the molecule is CC12CC3CC(C)(C1)CC(C(=O)C1CC4CCC(C1)S4(=O)=O)(C3)C2. The Morgan fingerprint density at radius 2 is 1.42 bits per heavy atom. The standard InChI is InChI=1S/C20H30O3S/c1-18-7-13-8-19(2,10-18)12-20(9-13,11-18)17(21)14-5-15-3-4-16(6-14)24(15,22)23/h13-16H,3-12H2,1-2H3. The third-order valence-electron chi connectivity index (χ3n) is 8.35. The van der Waals surface area contributed by atoms with Crippen LogP contribution < -0.4 is 0 Å². The predicted molar refractivity (Wildman–Crippen MR) is 93.3 cm³/mol. The quantitative estimate of drug-likeness (QED) is 0.759. The van der Waals surface area contributed by atoms with E-state index in [4.69, 9.17) is 0 Å². The first kappa shape index (κ1) is 15.8. The van der Waals surface area contributed by atoms with E-state index in [-0.39, 0.29) is 21.8 Å². The van der Waals surface area contributed by atoms with Gasteiger partial charge in [0.25, 0.3) is 0 Å². The average molecular weight is 351 g/mol. The number of carbonyl (C=O) groups is 1. The molecule has 134 valence electrons. The Labute approximate surface area is 145 Å². The molecular weight excluding hydrogens is 320 g/mol. The van der Waals surface area contributed by atoms with Crippen molar-refractivity contribution in [1.29, 1.82) is 0 Å². The van der Waals surface area contributed by atoms with Gasteiger partial charge in [-0.05, 0) is 81.0 Å². The molecule has 4 heteroatoms. The highest BCUT2D eigenvalue weighted by molar-refractivity contribution is 7.93. The molecule has 0 aromatic rings. The van der Waals surface area contributed by atoms with Crippen molar-refractivity contribution in [2.24, 2.45) is 28.1 Å². The molecule has 6 fully saturated rings. The molecule has 0 aromatic heterocycles. The summed E-state index contributed by atoms with van der Waals surface area (Å²) in [6.45, 7) is 4.82. The number of carbonyl (C=O) groups excluding carboxylic acids is 1. The molecule has 3 nitrogen and oxygen atoms in total. The third-order valence-corrected chi connectivity index (χ3v) is 11.1. The highest BCUT2D eigenvalue weighted by Gasteiger charge is 2.64. The number of hydrogen-bond acceptors (Lipinski definition) is 3. The molecular formula is C20H30O3S. The van der Waals surface area contributed by atoms with Crippen LogP contribution in [0.25, 0.3) is 0 Å². The summed E-state index contributed by atoms with van der Waals surface area (Å²) in [4.78, 5) is 13.7. The van der Waals surface area contributed by atoms with Gasteiger partial charge in [0, 0.05) is 11.3 Å². The van der Waals surface area contributed by atoms with Crippen LogP contribution in [0.2, 0.25) is 0 Å². The molecule has 6 rings (SSSR count). The second-order valence-electron chi connectivity index (χ2n) is 10.9. The van der Waals surface area contributed by atoms with Gasteiger partial charge in [0.05, 0.1) is 10.5 Å². The van der Waals surface area contributed by atoms with Crippen LogP contribution in [0.1, 0.15) is 78.1 Å². The Morgan fingerprint density at radius 1 is 0.875 bits per heavy atom. The van der Waals surface area contributed by atoms with Crippen LogP contribution in [0.4, 0.5) is 0 Å². The Hall–Kier alpha value is -0.380. The van der Waals surface area contributed by atoms with E-state index in [9.17, 15) is 13.2 Å². The first-order valence-corrected chi connectivity index (χ1v) is 11.5. The van der Waals surface area contributed by atoms with Gasteiger partial charge in [-0.3, -0.25) is 4.79 Å². The Balaban J connectivity index is 1.46. The topological polar surface area (TPSA) is 51.2 Å². The van der Waals surface area contributed by atoms with Crippen molar-refractivity contribution >= 4 is 15.6 Å². The van der Waals surface area contributed by atoms with Crippen molar-refractivity contribution in [3.63, 3.8) is 0 Å². The Morgan fingerprint density at radius 3 is 1.92 bits per heavy atom. The van der Waals surface area contributed by atoms with Crippen LogP contribution in [-0.4, -0.2) is 24.7 Å². The van der Waals surface area contributed by atoms with E-state index >= 15 is 0 Å². The molecule has 0 N–H and O–H groups in total. The second-order valence-corrected chi connectivity index (χ2v) is 13.4. The van der Waals surface area contributed by atoms with E-state index in [1.165, 1.54) is 19.3 Å². The number of fused-ring (bicyclic) bond motifs is 2. The minimum atomic E-state index is -2.93. The molecule has 4 atom stereocenters. The zero-order chi connectivity index (χ0) is 17.0. The molecule has 2 saturated heterocycles. The molecule has 4 unspecified atom stereocenters. The first-order chi connectivity index (χ1) is 11.1. The van der Waals surface area contributed by atoms with Crippen molar-refractivity contribution in [3.8, 4) is 0 Å². The van der Waals surface area contributed by atoms with Gasteiger partial charge in [-0.25, -0.2) is 8.42 Å². The predicted octanol–water partition coefficient (Wildman–Crippen LogP) is 3.91. The van der Waals surface area contributed by atoms with Crippen LogP contribution in [0.3, 0.4) is 0 Å². The van der Waals surface area contributed by atoms with Crippen LogP contribution in [0, 0.1) is 28.1 Å². The number of Topliss-reactive ketones (excluding diaryl/α,β-unsaturated/α-hetero) is 1. The second kappa shape index (κ2) is 4.47. The maximum absolute atomic E-state index is 13.7. The molecule has 4 saturated carbocycles. The fourth-order valence-corrected chi connectivity index (χ4v) is 11.1. The van der Waals surface area contributed by atoms with Gasteiger partial charge in [0.15, 0.2) is 9.84 Å². The minimum Gasteiger partial charge on any atom is -0.299 e. The summed E-state index contributed by atoms with van der Waals surface area (Å²) in [5.74, 6) is 1.22. The van der Waals surface area contributed by atoms with Crippen LogP contribution in [0.5, 0.6) is 0 Å². The summed E-state index contributed by atoms with van der Waals surface area (Å²) >= 11 is 0. The summed E-state index contributed by atoms with van der Waals surface area (Å²) < 4.78 is 24.8. The maximum Gasteiger partial charge on any atom is 0.156 e. The lowest BCUT2D eigenvalue weighted by Crippen LogP contribution is -2.59. The smallest absolute Gasteiger partial charge is 0.156 e. The van der Waals surface area contributed by atoms with Gasteiger partial charge in [-0.15, -0.1) is 0 Å². The maximum atomic E-state index is 13.7. The zero-order valence-electron chi connectivity index (χ0n) is 15.0. The monoisotopic (exact) mass is 350 g/mol. The largest absolute Gasteiger partial charge is 0.299 e. The summed E-state index contributed by atoms with van der Waals surface area (Å²) in [6, 6.07) is 0. The van der Waals surface area contributed by atoms with E-state index in [2.05, 4.69) is 13.8 Å². The first-order valence-electron chi connectivity index (χ1n) is 9.90. The summed E-state index contributed by atoms with van der Waals surface area (Å²) in [7, 11) is -2.93. The van der Waals surface area contributed by atoms with E-state index in [1.807, 2.05) is 0 Å². The molecule has 0 radical (unpaired) electrons. The van der Waals surface area contributed by atoms with E-state index < -0.39 is 9.84 Å². The summed E-state index contributed by atoms with van der Waals surface area (Å²) in [5, 5.41) is -0.435. The van der Waals surface area contributed by atoms with Crippen molar-refractivity contribution in [2.75, 3.05) is 0 Å². The lowest BCUT2D eigenvalue weighted by Gasteiger charge is -2.65. The van der Waals surface area contributed by atoms with Gasteiger partial charge in [-0.1, -0.05) is 13.8 Å². The fourth-order valence-electron chi connectivity index (χ4n) is 8.58. The zero-order valence-corrected chi connectivity index (χ0v) is 15.8. The summed E-state index contributed by atoms with van der Waals surface area (Å²) in [5.41, 5.74) is 0.585. The van der Waals surface area contributed by atoms with Crippen molar-refractivity contribution in [3.05, 3.63) is 0 Å². The van der Waals surface area contributed by atoms with Crippen LogP contribution in [0.15, 0.2) is 0 Å². The Bertz CT molecular complexity index is 670. The normalized spacial score (nSPS) is 57.2. The van der Waals surface area contributed by atoms with E-state index in [0.29, 0.717) is 29.5 Å². The molecule has 0 aromatic carbocycles. The third kappa shape index (κ3) is 2.01. The lowest BCUT2D eigenvalue weighted by atomic mass is 9.39. The number of rotatable bonds is 2. The Kier molecular flexibility index (Phi) is 2.95. The van der Waals surface area contributed by atoms with Crippen molar-refractivity contribution in [2.45, 2.75) is 88.6 Å². The molecule has 0 spiro atoms. The van der Waals surface area contributed by atoms with Gasteiger partial charge in [0.2, 0.25) is 0 Å². The van der Waals surface area contributed by atoms with Crippen LogP contribution in [-0.2, 0) is 14.6 Å². The number of sulfone groups is 1. The number of ketones is 1. The molecule has 2 aliphatic heterocycles. The van der Waals surface area contributed by atoms with E-state index in [1.54, 1.807) is 0 Å². The molecule has 24 heavy (non-hydrogen) atoms. The molecule has 2 heterocycles. The molecule has 0 amide bonds. The molecule has 6 bridgehead atoms. The van der Waals surface area contributed by atoms with Gasteiger partial charge >= 0.3 is 0 Å². The highest BCUT2D eigenvalue weighted by atomic mass is 32.2. The highest BCUT2D eigenvalue weighted by Crippen LogP contribution is 2.70. The minimum absolute atomic E-state index is 0.0227. The lowest BCUT2D eigenvalue weighted by molar-refractivity contribution is -0.172. The van der Waals surface area contributed by atoms with Crippen LogP contribution >= 0.6 is 0 Å². The van der Waals surface area contributed by atoms with Gasteiger partial charge < -0.3 is 0 Å². The fraction of sp³-hybridized carbons (Fsp3) is 0.950. The van der Waals surface area contributed by atoms with Crippen molar-refractivity contribution < 1.29 is 13.2 Å². The van der Waals surface area contributed by atoms with Gasteiger partial charge in [0.1, 0.15) is 5.78 Å². The average Bonchev–Trinajstić information content (AvgIpc) is 2.61. The van der Waals surface area contributed by atoms with E-state index in [0.717, 1.165) is 38.0 Å². The summed E-state index contributed by atoms with van der Waals surface area (Å²) in [6.07, 6.45) is 9.97.